The summed E-state index contributed by atoms with van der Waals surface area (Å²) in [7, 11) is 0. The van der Waals surface area contributed by atoms with E-state index in [-0.39, 0.29) is 17.3 Å². The summed E-state index contributed by atoms with van der Waals surface area (Å²) < 4.78 is 14.8. The molecule has 0 heterocycles. The predicted octanol–water partition coefficient (Wildman–Crippen LogP) is 4.68. The molecule has 0 aliphatic carbocycles. The first-order valence-electron chi connectivity index (χ1n) is 6.05. The molecule has 96 valence electrons. The number of hydrogen-bond acceptors (Lipinski definition) is 1. The highest BCUT2D eigenvalue weighted by molar-refractivity contribution is 9.10. The summed E-state index contributed by atoms with van der Waals surface area (Å²) in [5, 5.41) is 3.44. The first-order valence-corrected chi connectivity index (χ1v) is 6.84. The Kier molecular flexibility index (Phi) is 5.14. The highest BCUT2D eigenvalue weighted by Gasteiger charge is 2.29. The zero-order chi connectivity index (χ0) is 13.1. The Morgan fingerprint density at radius 2 is 2.00 bits per heavy atom. The van der Waals surface area contributed by atoms with Gasteiger partial charge in [0.2, 0.25) is 0 Å². The molecule has 0 saturated heterocycles. The van der Waals surface area contributed by atoms with E-state index in [1.165, 1.54) is 6.07 Å². The SMILES string of the molecule is CCCNC(c1c(F)cccc1Br)C(C)(C)C. The molecule has 0 amide bonds. The van der Waals surface area contributed by atoms with Crippen LogP contribution in [0, 0.1) is 11.2 Å². The summed E-state index contributed by atoms with van der Waals surface area (Å²) in [5.41, 5.74) is 0.702. The second kappa shape index (κ2) is 5.96. The molecule has 1 nitrogen and oxygen atoms in total. The van der Waals surface area contributed by atoms with Crippen molar-refractivity contribution in [1.29, 1.82) is 0 Å². The van der Waals surface area contributed by atoms with E-state index in [2.05, 4.69) is 48.9 Å². The normalized spacial score (nSPS) is 13.8. The van der Waals surface area contributed by atoms with Crippen molar-refractivity contribution in [2.24, 2.45) is 5.41 Å². The fourth-order valence-electron chi connectivity index (χ4n) is 1.92. The van der Waals surface area contributed by atoms with Crippen LogP contribution in [0.3, 0.4) is 0 Å². The Labute approximate surface area is 112 Å². The standard InChI is InChI=1S/C14H21BrFN/c1-5-9-17-13(14(2,3)4)12-10(15)7-6-8-11(12)16/h6-8,13,17H,5,9H2,1-4H3. The fraction of sp³-hybridized carbons (Fsp3) is 0.571. The molecule has 0 bridgehead atoms. The van der Waals surface area contributed by atoms with Crippen molar-refractivity contribution in [3.63, 3.8) is 0 Å². The molecule has 0 spiro atoms. The third kappa shape index (κ3) is 3.78. The van der Waals surface area contributed by atoms with Gasteiger partial charge in [0, 0.05) is 16.1 Å². The van der Waals surface area contributed by atoms with Gasteiger partial charge in [-0.25, -0.2) is 4.39 Å². The maximum absolute atomic E-state index is 14.0. The van der Waals surface area contributed by atoms with E-state index >= 15 is 0 Å². The van der Waals surface area contributed by atoms with E-state index in [1.807, 2.05) is 6.07 Å². The molecule has 0 saturated carbocycles. The minimum absolute atomic E-state index is 0.0121. The molecule has 3 heteroatoms. The van der Waals surface area contributed by atoms with Crippen LogP contribution in [0.5, 0.6) is 0 Å². The highest BCUT2D eigenvalue weighted by atomic mass is 79.9. The number of halogens is 2. The van der Waals surface area contributed by atoms with Crippen molar-refractivity contribution in [2.75, 3.05) is 6.54 Å². The van der Waals surface area contributed by atoms with Crippen LogP contribution in [0.2, 0.25) is 0 Å². The number of nitrogens with one attached hydrogen (secondary N) is 1. The van der Waals surface area contributed by atoms with Crippen molar-refractivity contribution in [3.05, 3.63) is 34.1 Å². The van der Waals surface area contributed by atoms with Crippen LogP contribution in [0.25, 0.3) is 0 Å². The predicted molar refractivity (Wildman–Crippen MR) is 74.6 cm³/mol. The van der Waals surface area contributed by atoms with Crippen molar-refractivity contribution in [1.82, 2.24) is 5.32 Å². The molecular formula is C14H21BrFN. The molecule has 0 aromatic heterocycles. The van der Waals surface area contributed by atoms with Gasteiger partial charge < -0.3 is 5.32 Å². The first-order chi connectivity index (χ1) is 7.88. The van der Waals surface area contributed by atoms with Gasteiger partial charge in [-0.05, 0) is 30.5 Å². The van der Waals surface area contributed by atoms with Gasteiger partial charge in [0.25, 0.3) is 0 Å². The lowest BCUT2D eigenvalue weighted by Gasteiger charge is -2.33. The summed E-state index contributed by atoms with van der Waals surface area (Å²) >= 11 is 3.45. The van der Waals surface area contributed by atoms with Crippen LogP contribution < -0.4 is 5.32 Å². The minimum Gasteiger partial charge on any atom is -0.309 e. The Morgan fingerprint density at radius 3 is 2.47 bits per heavy atom. The van der Waals surface area contributed by atoms with Gasteiger partial charge in [0.1, 0.15) is 5.82 Å². The second-order valence-corrected chi connectivity index (χ2v) is 6.24. The summed E-state index contributed by atoms with van der Waals surface area (Å²) in [6.07, 6.45) is 1.04. The molecule has 1 N–H and O–H groups in total. The summed E-state index contributed by atoms with van der Waals surface area (Å²) in [5.74, 6) is -0.150. The smallest absolute Gasteiger partial charge is 0.129 e. The Morgan fingerprint density at radius 1 is 1.35 bits per heavy atom. The molecule has 1 atom stereocenters. The van der Waals surface area contributed by atoms with Crippen molar-refractivity contribution in [2.45, 2.75) is 40.2 Å². The quantitative estimate of drug-likeness (QED) is 0.852. The van der Waals surface area contributed by atoms with Crippen LogP contribution in [0.15, 0.2) is 22.7 Å². The van der Waals surface area contributed by atoms with Gasteiger partial charge in [0.15, 0.2) is 0 Å². The largest absolute Gasteiger partial charge is 0.309 e. The average Bonchev–Trinajstić information content (AvgIpc) is 2.20. The Hall–Kier alpha value is -0.410. The fourth-order valence-corrected chi connectivity index (χ4v) is 2.49. The van der Waals surface area contributed by atoms with E-state index < -0.39 is 0 Å². The van der Waals surface area contributed by atoms with Crippen molar-refractivity contribution >= 4 is 15.9 Å². The summed E-state index contributed by atoms with van der Waals surface area (Å²) in [4.78, 5) is 0. The average molecular weight is 302 g/mol. The van der Waals surface area contributed by atoms with E-state index in [1.54, 1.807) is 6.07 Å². The third-order valence-corrected chi connectivity index (χ3v) is 3.44. The third-order valence-electron chi connectivity index (χ3n) is 2.75. The van der Waals surface area contributed by atoms with Crippen LogP contribution in [0.1, 0.15) is 45.7 Å². The second-order valence-electron chi connectivity index (χ2n) is 5.39. The molecule has 17 heavy (non-hydrogen) atoms. The molecule has 1 aromatic carbocycles. The van der Waals surface area contributed by atoms with Gasteiger partial charge in [-0.2, -0.15) is 0 Å². The van der Waals surface area contributed by atoms with Gasteiger partial charge in [-0.15, -0.1) is 0 Å². The van der Waals surface area contributed by atoms with Crippen LogP contribution >= 0.6 is 15.9 Å². The van der Waals surface area contributed by atoms with Crippen LogP contribution in [-0.4, -0.2) is 6.54 Å². The highest BCUT2D eigenvalue weighted by Crippen LogP contribution is 2.37. The van der Waals surface area contributed by atoms with Crippen molar-refractivity contribution in [3.8, 4) is 0 Å². The summed E-state index contributed by atoms with van der Waals surface area (Å²) in [6, 6.07) is 5.15. The molecule has 0 radical (unpaired) electrons. The van der Waals surface area contributed by atoms with E-state index in [0.29, 0.717) is 0 Å². The Bertz CT molecular complexity index is 351. The lowest BCUT2D eigenvalue weighted by atomic mass is 9.82. The molecule has 0 fully saturated rings. The molecular weight excluding hydrogens is 281 g/mol. The molecule has 1 unspecified atom stereocenters. The van der Waals surface area contributed by atoms with Crippen molar-refractivity contribution < 1.29 is 4.39 Å². The topological polar surface area (TPSA) is 12.0 Å². The lowest BCUT2D eigenvalue weighted by Crippen LogP contribution is -2.33. The summed E-state index contributed by atoms with van der Waals surface area (Å²) in [6.45, 7) is 9.38. The maximum Gasteiger partial charge on any atom is 0.129 e. The van der Waals surface area contributed by atoms with Gasteiger partial charge >= 0.3 is 0 Å². The number of benzene rings is 1. The molecule has 1 aromatic rings. The molecule has 1 rings (SSSR count). The zero-order valence-corrected chi connectivity index (χ0v) is 12.6. The zero-order valence-electron chi connectivity index (χ0n) is 11.0. The first kappa shape index (κ1) is 14.7. The van der Waals surface area contributed by atoms with E-state index in [9.17, 15) is 4.39 Å². The van der Waals surface area contributed by atoms with E-state index in [0.717, 1.165) is 23.0 Å². The van der Waals surface area contributed by atoms with E-state index in [4.69, 9.17) is 0 Å². The monoisotopic (exact) mass is 301 g/mol. The van der Waals surface area contributed by atoms with Gasteiger partial charge in [-0.3, -0.25) is 0 Å². The molecule has 0 aliphatic rings. The Balaban J connectivity index is 3.13. The maximum atomic E-state index is 14.0. The number of rotatable bonds is 4. The van der Waals surface area contributed by atoms with Gasteiger partial charge in [-0.1, -0.05) is 49.7 Å². The molecule has 0 aliphatic heterocycles. The van der Waals surface area contributed by atoms with Gasteiger partial charge in [0.05, 0.1) is 0 Å². The van der Waals surface area contributed by atoms with Crippen LogP contribution in [0.4, 0.5) is 4.39 Å². The lowest BCUT2D eigenvalue weighted by molar-refractivity contribution is 0.266. The number of hydrogen-bond donors (Lipinski definition) is 1. The minimum atomic E-state index is -0.150. The van der Waals surface area contributed by atoms with Crippen LogP contribution in [-0.2, 0) is 0 Å².